The first-order chi connectivity index (χ1) is 10.0. The number of para-hydroxylation sites is 1. The van der Waals surface area contributed by atoms with E-state index < -0.39 is 22.9 Å². The first-order valence-electron chi connectivity index (χ1n) is 6.84. The van der Waals surface area contributed by atoms with E-state index >= 15 is 0 Å². The minimum absolute atomic E-state index is 0.108. The third kappa shape index (κ3) is 1.04. The average Bonchev–Trinajstić information content (AvgIpc) is 2.75. The fourth-order valence-corrected chi connectivity index (χ4v) is 4.11. The van der Waals surface area contributed by atoms with Crippen molar-refractivity contribution < 1.29 is 19.1 Å². The van der Waals surface area contributed by atoms with Crippen molar-refractivity contribution in [2.75, 3.05) is 19.1 Å². The molecular weight excluding hydrogens is 270 g/mol. The van der Waals surface area contributed by atoms with E-state index in [9.17, 15) is 9.59 Å². The van der Waals surface area contributed by atoms with E-state index in [0.29, 0.717) is 5.76 Å². The van der Waals surface area contributed by atoms with Crippen LogP contribution in [-0.4, -0.2) is 32.1 Å². The smallest absolute Gasteiger partial charge is 0.321 e. The lowest BCUT2D eigenvalue weighted by molar-refractivity contribution is -0.147. The summed E-state index contributed by atoms with van der Waals surface area (Å²) >= 11 is 0. The molecule has 0 saturated heterocycles. The second-order valence-corrected chi connectivity index (χ2v) is 5.80. The second kappa shape index (κ2) is 3.47. The van der Waals surface area contributed by atoms with E-state index in [-0.39, 0.29) is 5.91 Å². The molecule has 3 atom stereocenters. The summed E-state index contributed by atoms with van der Waals surface area (Å²) in [6.07, 6.45) is 1.24. The van der Waals surface area contributed by atoms with Crippen LogP contribution in [0.25, 0.3) is 0 Å². The molecule has 2 heterocycles. The molecule has 1 amide bonds. The Labute approximate surface area is 122 Å². The lowest BCUT2D eigenvalue weighted by atomic mass is 9.86. The molecule has 1 fully saturated rings. The number of nitrogens with zero attached hydrogens (tertiary/aromatic N) is 1. The predicted octanol–water partition coefficient (Wildman–Crippen LogP) is 1.38. The molecule has 21 heavy (non-hydrogen) atoms. The highest BCUT2D eigenvalue weighted by Gasteiger charge is 2.91. The van der Waals surface area contributed by atoms with E-state index in [2.05, 4.69) is 0 Å². The zero-order valence-electron chi connectivity index (χ0n) is 12.0. The highest BCUT2D eigenvalue weighted by Crippen LogP contribution is 2.74. The lowest BCUT2D eigenvalue weighted by Gasteiger charge is -2.17. The number of fused-ring (bicyclic) bond motifs is 5. The summed E-state index contributed by atoms with van der Waals surface area (Å²) in [5.74, 6) is 0.140. The Kier molecular flexibility index (Phi) is 2.06. The number of ether oxygens (including phenoxy) is 2. The van der Waals surface area contributed by atoms with Crippen molar-refractivity contribution in [3.63, 3.8) is 0 Å². The Morgan fingerprint density at radius 3 is 2.81 bits per heavy atom. The third-order valence-electron chi connectivity index (χ3n) is 4.97. The van der Waals surface area contributed by atoms with Gasteiger partial charge in [-0.1, -0.05) is 18.2 Å². The summed E-state index contributed by atoms with van der Waals surface area (Å²) in [5.41, 5.74) is -0.319. The van der Waals surface area contributed by atoms with E-state index in [1.165, 1.54) is 7.11 Å². The molecule has 5 heteroatoms. The Morgan fingerprint density at radius 1 is 1.38 bits per heavy atom. The Bertz CT molecular complexity index is 725. The van der Waals surface area contributed by atoms with Gasteiger partial charge >= 0.3 is 5.97 Å². The number of methoxy groups -OCH3 is 1. The summed E-state index contributed by atoms with van der Waals surface area (Å²) in [6.45, 7) is 1.79. The van der Waals surface area contributed by atoms with Gasteiger partial charge in [-0.2, -0.15) is 0 Å². The van der Waals surface area contributed by atoms with Gasteiger partial charge in [0, 0.05) is 12.7 Å². The van der Waals surface area contributed by atoms with Gasteiger partial charge in [0.25, 0.3) is 0 Å². The van der Waals surface area contributed by atoms with Crippen molar-refractivity contribution in [1.29, 1.82) is 0 Å². The van der Waals surface area contributed by atoms with Crippen LogP contribution in [0.15, 0.2) is 36.1 Å². The van der Waals surface area contributed by atoms with E-state index in [1.807, 2.05) is 24.3 Å². The number of benzene rings is 1. The normalized spacial score (nSPS) is 35.2. The van der Waals surface area contributed by atoms with Crippen LogP contribution in [0.3, 0.4) is 0 Å². The average molecular weight is 285 g/mol. The van der Waals surface area contributed by atoms with Gasteiger partial charge < -0.3 is 14.4 Å². The number of carbonyl (C=O) groups excluding carboxylic acids is 2. The largest absolute Gasteiger partial charge is 0.492 e. The van der Waals surface area contributed by atoms with Crippen LogP contribution in [-0.2, 0) is 24.5 Å². The van der Waals surface area contributed by atoms with Crippen LogP contribution in [0.2, 0.25) is 0 Å². The van der Waals surface area contributed by atoms with Crippen LogP contribution >= 0.6 is 0 Å². The number of allylic oxidation sites excluding steroid dienone is 1. The first-order valence-corrected chi connectivity index (χ1v) is 6.84. The molecule has 0 aromatic heterocycles. The van der Waals surface area contributed by atoms with Gasteiger partial charge in [0.05, 0.1) is 12.9 Å². The number of rotatable bonds is 1. The molecular formula is C16H15NO4. The molecule has 0 radical (unpaired) electrons. The Hall–Kier alpha value is -2.30. The summed E-state index contributed by atoms with van der Waals surface area (Å²) in [6, 6.07) is 7.54. The number of amides is 1. The third-order valence-corrected chi connectivity index (χ3v) is 4.97. The standard InChI is InChI=1S/C16H15NO4/c1-9-8-15(14(19)20-3)12(21-9)16(15)10-6-4-5-7-11(10)17(2)13(16)18/h4-8,12H,1-3H3. The van der Waals surface area contributed by atoms with Gasteiger partial charge in [-0.3, -0.25) is 9.59 Å². The number of likely N-dealkylation sites (N-methyl/N-ethyl adjacent to an activating group) is 1. The van der Waals surface area contributed by atoms with Crippen molar-refractivity contribution in [2.24, 2.45) is 5.41 Å². The predicted molar refractivity (Wildman–Crippen MR) is 74.6 cm³/mol. The Morgan fingerprint density at radius 2 is 2.10 bits per heavy atom. The number of carbonyl (C=O) groups is 2. The molecule has 2 aliphatic heterocycles. The van der Waals surface area contributed by atoms with Gasteiger partial charge in [-0.05, 0) is 24.6 Å². The van der Waals surface area contributed by atoms with Gasteiger partial charge in [-0.25, -0.2) is 0 Å². The van der Waals surface area contributed by atoms with Crippen LogP contribution < -0.4 is 4.90 Å². The van der Waals surface area contributed by atoms with Crippen molar-refractivity contribution in [2.45, 2.75) is 18.4 Å². The van der Waals surface area contributed by atoms with Crippen LogP contribution in [0.5, 0.6) is 0 Å². The Balaban J connectivity index is 1.98. The minimum Gasteiger partial charge on any atom is -0.492 e. The topological polar surface area (TPSA) is 55.8 Å². The van der Waals surface area contributed by atoms with Crippen LogP contribution in [0.4, 0.5) is 5.69 Å². The lowest BCUT2D eigenvalue weighted by Crippen LogP contribution is -2.36. The van der Waals surface area contributed by atoms with Crippen molar-refractivity contribution in [1.82, 2.24) is 0 Å². The highest BCUT2D eigenvalue weighted by molar-refractivity contribution is 6.17. The maximum atomic E-state index is 12.9. The summed E-state index contributed by atoms with van der Waals surface area (Å²) in [7, 11) is 3.07. The minimum atomic E-state index is -1.02. The zero-order chi connectivity index (χ0) is 15.0. The quantitative estimate of drug-likeness (QED) is 0.731. The number of hydrogen-bond donors (Lipinski definition) is 0. The molecule has 0 N–H and O–H groups in total. The van der Waals surface area contributed by atoms with Gasteiger partial charge in [0.2, 0.25) is 5.91 Å². The molecule has 1 saturated carbocycles. The van der Waals surface area contributed by atoms with Crippen LogP contribution in [0, 0.1) is 5.41 Å². The summed E-state index contributed by atoms with van der Waals surface area (Å²) < 4.78 is 10.8. The number of hydrogen-bond acceptors (Lipinski definition) is 4. The molecule has 3 unspecified atom stereocenters. The van der Waals surface area contributed by atoms with E-state index in [0.717, 1.165) is 11.3 Å². The van der Waals surface area contributed by atoms with E-state index in [1.54, 1.807) is 24.9 Å². The van der Waals surface area contributed by atoms with Crippen molar-refractivity contribution >= 4 is 17.6 Å². The van der Waals surface area contributed by atoms with E-state index in [4.69, 9.17) is 9.47 Å². The fourth-order valence-electron chi connectivity index (χ4n) is 4.11. The molecule has 5 nitrogen and oxygen atoms in total. The molecule has 1 aromatic rings. The maximum Gasteiger partial charge on any atom is 0.321 e. The maximum absolute atomic E-state index is 12.9. The molecule has 0 bridgehead atoms. The van der Waals surface area contributed by atoms with Crippen molar-refractivity contribution in [3.8, 4) is 0 Å². The molecule has 1 spiro atoms. The molecule has 4 rings (SSSR count). The van der Waals surface area contributed by atoms with Gasteiger partial charge in [0.15, 0.2) is 0 Å². The zero-order valence-corrected chi connectivity index (χ0v) is 12.0. The number of anilines is 1. The highest BCUT2D eigenvalue weighted by atomic mass is 16.5. The first kappa shape index (κ1) is 12.4. The molecule has 108 valence electrons. The van der Waals surface area contributed by atoms with Crippen molar-refractivity contribution in [3.05, 3.63) is 41.7 Å². The summed E-state index contributed by atoms with van der Waals surface area (Å²) in [5, 5.41) is 0. The molecule has 3 aliphatic rings. The molecule has 1 aromatic carbocycles. The van der Waals surface area contributed by atoms with Gasteiger partial charge in [-0.15, -0.1) is 0 Å². The van der Waals surface area contributed by atoms with Crippen LogP contribution in [0.1, 0.15) is 12.5 Å². The molecule has 1 aliphatic carbocycles. The summed E-state index contributed by atoms with van der Waals surface area (Å²) in [4.78, 5) is 26.9. The fraction of sp³-hybridized carbons (Fsp3) is 0.375. The monoisotopic (exact) mass is 285 g/mol. The SMILES string of the molecule is COC(=O)C12C=C(C)OC1C21C(=O)N(C)c2ccccc21. The van der Waals surface area contributed by atoms with Gasteiger partial charge in [0.1, 0.15) is 16.9 Å². The number of esters is 1. The second-order valence-electron chi connectivity index (χ2n) is 5.80.